The topological polar surface area (TPSA) is 66.4 Å². The molecule has 0 aliphatic heterocycles. The molecule has 0 fully saturated rings. The van der Waals surface area contributed by atoms with Crippen molar-refractivity contribution in [3.05, 3.63) is 35.4 Å². The van der Waals surface area contributed by atoms with Crippen LogP contribution in [0.1, 0.15) is 36.8 Å². The van der Waals surface area contributed by atoms with Crippen LogP contribution in [0.2, 0.25) is 0 Å². The van der Waals surface area contributed by atoms with Gasteiger partial charge in [0, 0.05) is 19.4 Å². The van der Waals surface area contributed by atoms with E-state index >= 15 is 0 Å². The molecule has 1 amide bonds. The molecule has 2 N–H and O–H groups in total. The Morgan fingerprint density at radius 1 is 1.25 bits per heavy atom. The van der Waals surface area contributed by atoms with Gasteiger partial charge >= 0.3 is 5.97 Å². The lowest BCUT2D eigenvalue weighted by Crippen LogP contribution is -2.28. The number of carbonyl (C=O) groups is 2. The number of nitrogens with one attached hydrogen (secondary N) is 1. The summed E-state index contributed by atoms with van der Waals surface area (Å²) in [6.45, 7) is 0.453. The number of rotatable bonds is 6. The third-order valence-corrected chi connectivity index (χ3v) is 3.81. The summed E-state index contributed by atoms with van der Waals surface area (Å²) < 4.78 is 0. The highest BCUT2D eigenvalue weighted by atomic mass is 16.4. The summed E-state index contributed by atoms with van der Waals surface area (Å²) >= 11 is 0. The Labute approximate surface area is 119 Å². The lowest BCUT2D eigenvalue weighted by atomic mass is 9.82. The molecule has 20 heavy (non-hydrogen) atoms. The van der Waals surface area contributed by atoms with Gasteiger partial charge in [-0.05, 0) is 42.7 Å². The highest BCUT2D eigenvalue weighted by Crippen LogP contribution is 2.27. The van der Waals surface area contributed by atoms with Crippen LogP contribution in [0.5, 0.6) is 0 Å². The second-order valence-electron chi connectivity index (χ2n) is 5.43. The van der Waals surface area contributed by atoms with Crippen molar-refractivity contribution >= 4 is 11.9 Å². The van der Waals surface area contributed by atoms with Crippen molar-refractivity contribution in [2.75, 3.05) is 6.54 Å². The predicted octanol–water partition coefficient (Wildman–Crippen LogP) is 2.16. The average Bonchev–Trinajstić information content (AvgIpc) is 2.43. The van der Waals surface area contributed by atoms with Gasteiger partial charge in [0.1, 0.15) is 0 Å². The summed E-state index contributed by atoms with van der Waals surface area (Å²) in [5.41, 5.74) is 2.77. The van der Waals surface area contributed by atoms with Crippen LogP contribution in [-0.4, -0.2) is 23.5 Å². The molecule has 1 atom stereocenters. The van der Waals surface area contributed by atoms with Crippen LogP contribution in [0.4, 0.5) is 0 Å². The van der Waals surface area contributed by atoms with Crippen molar-refractivity contribution in [3.8, 4) is 0 Å². The van der Waals surface area contributed by atoms with Crippen LogP contribution in [0.25, 0.3) is 0 Å². The lowest BCUT2D eigenvalue weighted by Gasteiger charge is -2.24. The molecular formula is C16H21NO3. The molecule has 0 bridgehead atoms. The predicted molar refractivity (Wildman–Crippen MR) is 76.5 cm³/mol. The van der Waals surface area contributed by atoms with E-state index in [1.165, 1.54) is 11.1 Å². The Hall–Kier alpha value is -1.84. The van der Waals surface area contributed by atoms with Crippen molar-refractivity contribution in [3.63, 3.8) is 0 Å². The molecule has 4 nitrogen and oxygen atoms in total. The van der Waals surface area contributed by atoms with Crippen LogP contribution >= 0.6 is 0 Å². The molecule has 1 aromatic rings. The number of carbonyl (C=O) groups excluding carboxylic acids is 1. The number of carboxylic acids is 1. The minimum Gasteiger partial charge on any atom is -0.481 e. The Kier molecular flexibility index (Phi) is 5.16. The van der Waals surface area contributed by atoms with E-state index in [1.807, 2.05) is 6.07 Å². The number of hydrogen-bond donors (Lipinski definition) is 2. The van der Waals surface area contributed by atoms with Crippen molar-refractivity contribution in [2.24, 2.45) is 5.92 Å². The second kappa shape index (κ2) is 7.08. The Bertz CT molecular complexity index is 484. The Morgan fingerprint density at radius 3 is 2.75 bits per heavy atom. The molecular weight excluding hydrogens is 254 g/mol. The maximum Gasteiger partial charge on any atom is 0.303 e. The SMILES string of the molecule is O=C(O)CCCNC(=O)CC1CCc2ccccc2C1. The van der Waals surface area contributed by atoms with E-state index in [1.54, 1.807) is 0 Å². The first-order chi connectivity index (χ1) is 9.65. The molecule has 0 spiro atoms. The second-order valence-corrected chi connectivity index (χ2v) is 5.43. The third kappa shape index (κ3) is 4.37. The zero-order chi connectivity index (χ0) is 14.4. The van der Waals surface area contributed by atoms with Crippen LogP contribution < -0.4 is 5.32 Å². The summed E-state index contributed by atoms with van der Waals surface area (Å²) in [6, 6.07) is 8.42. The first-order valence-electron chi connectivity index (χ1n) is 7.20. The van der Waals surface area contributed by atoms with E-state index in [-0.39, 0.29) is 12.3 Å². The van der Waals surface area contributed by atoms with E-state index in [4.69, 9.17) is 5.11 Å². The molecule has 0 aromatic heterocycles. The number of aryl methyl sites for hydroxylation is 1. The first kappa shape index (κ1) is 14.6. The fraction of sp³-hybridized carbons (Fsp3) is 0.500. The highest BCUT2D eigenvalue weighted by Gasteiger charge is 2.20. The van der Waals surface area contributed by atoms with Crippen LogP contribution in [-0.2, 0) is 22.4 Å². The maximum absolute atomic E-state index is 11.8. The molecule has 2 rings (SSSR count). The normalized spacial score (nSPS) is 17.3. The summed E-state index contributed by atoms with van der Waals surface area (Å²) in [5, 5.41) is 11.3. The number of carboxylic acid groups (broad SMARTS) is 1. The van der Waals surface area contributed by atoms with Gasteiger partial charge in [0.2, 0.25) is 5.91 Å². The van der Waals surface area contributed by atoms with Gasteiger partial charge in [-0.3, -0.25) is 9.59 Å². The quantitative estimate of drug-likeness (QED) is 0.782. The Balaban J connectivity index is 1.72. The van der Waals surface area contributed by atoms with E-state index in [2.05, 4.69) is 23.5 Å². The van der Waals surface area contributed by atoms with Crippen molar-refractivity contribution in [2.45, 2.75) is 38.5 Å². The smallest absolute Gasteiger partial charge is 0.303 e. The van der Waals surface area contributed by atoms with E-state index in [0.29, 0.717) is 25.3 Å². The van der Waals surface area contributed by atoms with Gasteiger partial charge < -0.3 is 10.4 Å². The molecule has 0 saturated heterocycles. The van der Waals surface area contributed by atoms with Gasteiger partial charge in [-0.25, -0.2) is 0 Å². The summed E-state index contributed by atoms with van der Waals surface area (Å²) in [5.74, 6) is -0.368. The largest absolute Gasteiger partial charge is 0.481 e. The number of hydrogen-bond acceptors (Lipinski definition) is 2. The molecule has 1 aromatic carbocycles. The minimum atomic E-state index is -0.817. The molecule has 0 saturated carbocycles. The molecule has 0 radical (unpaired) electrons. The van der Waals surface area contributed by atoms with Crippen molar-refractivity contribution in [1.82, 2.24) is 5.32 Å². The maximum atomic E-state index is 11.8. The van der Waals surface area contributed by atoms with Crippen molar-refractivity contribution in [1.29, 1.82) is 0 Å². The van der Waals surface area contributed by atoms with Crippen LogP contribution in [0, 0.1) is 5.92 Å². The standard InChI is InChI=1S/C16H21NO3/c18-15(17-9-3-6-16(19)20)11-12-7-8-13-4-1-2-5-14(13)10-12/h1-2,4-5,12H,3,6-11H2,(H,17,18)(H,19,20). The summed E-state index contributed by atoms with van der Waals surface area (Å²) in [6.07, 6.45) is 4.22. The summed E-state index contributed by atoms with van der Waals surface area (Å²) in [7, 11) is 0. The molecule has 1 aliphatic carbocycles. The molecule has 4 heteroatoms. The van der Waals surface area contributed by atoms with Crippen molar-refractivity contribution < 1.29 is 14.7 Å². The lowest BCUT2D eigenvalue weighted by molar-refractivity contribution is -0.137. The summed E-state index contributed by atoms with van der Waals surface area (Å²) in [4.78, 5) is 22.2. The molecule has 0 heterocycles. The number of aliphatic carboxylic acids is 1. The fourth-order valence-electron chi connectivity index (χ4n) is 2.75. The Morgan fingerprint density at radius 2 is 2.00 bits per heavy atom. The number of benzene rings is 1. The first-order valence-corrected chi connectivity index (χ1v) is 7.20. The monoisotopic (exact) mass is 275 g/mol. The van der Waals surface area contributed by atoms with Gasteiger partial charge in [-0.2, -0.15) is 0 Å². The van der Waals surface area contributed by atoms with Crippen LogP contribution in [0.3, 0.4) is 0 Å². The van der Waals surface area contributed by atoms with Crippen LogP contribution in [0.15, 0.2) is 24.3 Å². The van der Waals surface area contributed by atoms with Gasteiger partial charge in [0.15, 0.2) is 0 Å². The van der Waals surface area contributed by atoms with Gasteiger partial charge in [-0.15, -0.1) is 0 Å². The molecule has 1 unspecified atom stereocenters. The fourth-order valence-corrected chi connectivity index (χ4v) is 2.75. The number of amides is 1. The number of fused-ring (bicyclic) bond motifs is 1. The molecule has 108 valence electrons. The van der Waals surface area contributed by atoms with E-state index < -0.39 is 5.97 Å². The highest BCUT2D eigenvalue weighted by molar-refractivity contribution is 5.76. The minimum absolute atomic E-state index is 0.0415. The third-order valence-electron chi connectivity index (χ3n) is 3.81. The van der Waals surface area contributed by atoms with E-state index in [9.17, 15) is 9.59 Å². The van der Waals surface area contributed by atoms with Gasteiger partial charge in [-0.1, -0.05) is 24.3 Å². The van der Waals surface area contributed by atoms with Gasteiger partial charge in [0.05, 0.1) is 0 Å². The van der Waals surface area contributed by atoms with E-state index in [0.717, 1.165) is 19.3 Å². The average molecular weight is 275 g/mol. The zero-order valence-electron chi connectivity index (χ0n) is 11.6. The molecule has 1 aliphatic rings. The zero-order valence-corrected chi connectivity index (χ0v) is 11.6. The van der Waals surface area contributed by atoms with Gasteiger partial charge in [0.25, 0.3) is 0 Å².